The lowest BCUT2D eigenvalue weighted by Gasteiger charge is -2.24. The van der Waals surface area contributed by atoms with Crippen molar-refractivity contribution >= 4 is 33.2 Å². The smallest absolute Gasteiger partial charge is 0.264 e. The molecule has 0 radical (unpaired) electrons. The molecular formula is C16H22BrNOS. The van der Waals surface area contributed by atoms with Crippen molar-refractivity contribution in [1.82, 2.24) is 4.90 Å². The van der Waals surface area contributed by atoms with Gasteiger partial charge in [0.1, 0.15) is 0 Å². The standard InChI is InChI=1S/C16H22BrNOS/c1-11-7-8-18(13(11)10-17)16(19)15-9-12-5-3-2-4-6-14(12)20-15/h9,11,13H,2-8,10H2,1H3. The molecule has 1 aliphatic carbocycles. The number of rotatable bonds is 2. The number of amides is 1. The van der Waals surface area contributed by atoms with Gasteiger partial charge in [-0.3, -0.25) is 4.79 Å². The summed E-state index contributed by atoms with van der Waals surface area (Å²) in [7, 11) is 0. The molecule has 20 heavy (non-hydrogen) atoms. The normalized spacial score (nSPS) is 26.4. The summed E-state index contributed by atoms with van der Waals surface area (Å²) in [5.74, 6) is 0.869. The minimum Gasteiger partial charge on any atom is -0.334 e. The largest absolute Gasteiger partial charge is 0.334 e. The Bertz CT molecular complexity index is 475. The third-order valence-electron chi connectivity index (χ3n) is 4.76. The van der Waals surface area contributed by atoms with Gasteiger partial charge in [-0.05, 0) is 49.7 Å². The Morgan fingerprint density at radius 3 is 3.00 bits per heavy atom. The predicted octanol–water partition coefficient (Wildman–Crippen LogP) is 4.26. The Labute approximate surface area is 133 Å². The number of carbonyl (C=O) groups is 1. The lowest BCUT2D eigenvalue weighted by atomic mass is 10.1. The Kier molecular flexibility index (Phi) is 4.51. The minimum absolute atomic E-state index is 0.261. The molecule has 1 fully saturated rings. The van der Waals surface area contributed by atoms with Gasteiger partial charge >= 0.3 is 0 Å². The van der Waals surface area contributed by atoms with Crippen LogP contribution in [-0.4, -0.2) is 28.7 Å². The van der Waals surface area contributed by atoms with E-state index in [0.717, 1.165) is 29.6 Å². The fraction of sp³-hybridized carbons (Fsp3) is 0.688. The molecule has 110 valence electrons. The van der Waals surface area contributed by atoms with E-state index in [1.54, 1.807) is 11.3 Å². The summed E-state index contributed by atoms with van der Waals surface area (Å²) in [5.41, 5.74) is 1.44. The zero-order valence-electron chi connectivity index (χ0n) is 12.0. The van der Waals surface area contributed by atoms with Gasteiger partial charge in [-0.2, -0.15) is 0 Å². The summed E-state index contributed by atoms with van der Waals surface area (Å²) in [4.78, 5) is 17.3. The van der Waals surface area contributed by atoms with Gasteiger partial charge in [-0.25, -0.2) is 0 Å². The van der Waals surface area contributed by atoms with Crippen molar-refractivity contribution in [3.05, 3.63) is 21.4 Å². The second-order valence-electron chi connectivity index (χ2n) is 6.11. The molecule has 1 saturated heterocycles. The minimum atomic E-state index is 0.261. The average Bonchev–Trinajstić information content (AvgIpc) is 2.95. The number of halogens is 1. The zero-order valence-corrected chi connectivity index (χ0v) is 14.4. The van der Waals surface area contributed by atoms with Crippen molar-refractivity contribution in [3.8, 4) is 0 Å². The van der Waals surface area contributed by atoms with E-state index in [9.17, 15) is 4.79 Å². The quantitative estimate of drug-likeness (QED) is 0.573. The molecule has 0 bridgehead atoms. The molecule has 4 heteroatoms. The van der Waals surface area contributed by atoms with E-state index in [2.05, 4.69) is 33.8 Å². The first-order chi connectivity index (χ1) is 9.70. The van der Waals surface area contributed by atoms with Crippen LogP contribution in [0, 0.1) is 5.92 Å². The number of carbonyl (C=O) groups excluding carboxylic acids is 1. The van der Waals surface area contributed by atoms with Gasteiger partial charge in [0.25, 0.3) is 5.91 Å². The van der Waals surface area contributed by atoms with Crippen molar-refractivity contribution in [1.29, 1.82) is 0 Å². The maximum Gasteiger partial charge on any atom is 0.264 e. The van der Waals surface area contributed by atoms with E-state index < -0.39 is 0 Å². The monoisotopic (exact) mass is 355 g/mol. The number of thiophene rings is 1. The number of likely N-dealkylation sites (tertiary alicyclic amines) is 1. The van der Waals surface area contributed by atoms with Gasteiger partial charge < -0.3 is 4.90 Å². The molecule has 0 spiro atoms. The molecule has 2 heterocycles. The van der Waals surface area contributed by atoms with Crippen molar-refractivity contribution in [2.75, 3.05) is 11.9 Å². The molecule has 0 saturated carbocycles. The maximum absolute atomic E-state index is 12.8. The Balaban J connectivity index is 1.81. The van der Waals surface area contributed by atoms with E-state index >= 15 is 0 Å². The fourth-order valence-corrected chi connectivity index (χ4v) is 5.61. The highest BCUT2D eigenvalue weighted by Gasteiger charge is 2.34. The highest BCUT2D eigenvalue weighted by Crippen LogP contribution is 2.32. The van der Waals surface area contributed by atoms with Gasteiger partial charge in [0.05, 0.1) is 4.88 Å². The van der Waals surface area contributed by atoms with Crippen LogP contribution in [0.2, 0.25) is 0 Å². The molecule has 1 aliphatic heterocycles. The summed E-state index contributed by atoms with van der Waals surface area (Å²) >= 11 is 5.33. The van der Waals surface area contributed by atoms with E-state index in [-0.39, 0.29) is 5.91 Å². The number of fused-ring (bicyclic) bond motifs is 1. The lowest BCUT2D eigenvalue weighted by molar-refractivity contribution is 0.0743. The fourth-order valence-electron chi connectivity index (χ4n) is 3.41. The van der Waals surface area contributed by atoms with Crippen LogP contribution in [-0.2, 0) is 12.8 Å². The van der Waals surface area contributed by atoms with Gasteiger partial charge in [0.2, 0.25) is 0 Å². The molecule has 2 nitrogen and oxygen atoms in total. The second kappa shape index (κ2) is 6.18. The summed E-state index contributed by atoms with van der Waals surface area (Å²) in [6, 6.07) is 2.55. The average molecular weight is 356 g/mol. The van der Waals surface area contributed by atoms with Crippen LogP contribution in [0.4, 0.5) is 0 Å². The van der Waals surface area contributed by atoms with Crippen LogP contribution in [0.1, 0.15) is 52.7 Å². The van der Waals surface area contributed by atoms with Crippen molar-refractivity contribution in [3.63, 3.8) is 0 Å². The number of hydrogen-bond donors (Lipinski definition) is 0. The molecule has 2 aliphatic rings. The van der Waals surface area contributed by atoms with Gasteiger partial charge in [0, 0.05) is 22.8 Å². The molecule has 1 amide bonds. The third kappa shape index (κ3) is 2.69. The van der Waals surface area contributed by atoms with E-state index in [4.69, 9.17) is 0 Å². The van der Waals surface area contributed by atoms with E-state index in [0.29, 0.717) is 12.0 Å². The van der Waals surface area contributed by atoms with Crippen molar-refractivity contribution in [2.24, 2.45) is 5.92 Å². The Morgan fingerprint density at radius 1 is 1.40 bits per heavy atom. The summed E-state index contributed by atoms with van der Waals surface area (Å²) in [6.07, 6.45) is 7.37. The van der Waals surface area contributed by atoms with Crippen LogP contribution in [0.25, 0.3) is 0 Å². The van der Waals surface area contributed by atoms with Crippen LogP contribution < -0.4 is 0 Å². The molecule has 1 aromatic rings. The number of hydrogen-bond acceptors (Lipinski definition) is 2. The number of aryl methyl sites for hydroxylation is 2. The zero-order chi connectivity index (χ0) is 14.1. The van der Waals surface area contributed by atoms with E-state index in [1.165, 1.54) is 36.1 Å². The molecule has 2 unspecified atom stereocenters. The molecule has 0 N–H and O–H groups in total. The summed E-state index contributed by atoms with van der Waals surface area (Å²) in [6.45, 7) is 3.17. The SMILES string of the molecule is CC1CCN(C(=O)c2cc3c(s2)CCCCC3)C1CBr. The molecular weight excluding hydrogens is 334 g/mol. The first kappa shape index (κ1) is 14.6. The van der Waals surface area contributed by atoms with Crippen LogP contribution >= 0.6 is 27.3 Å². The van der Waals surface area contributed by atoms with Gasteiger partial charge in [-0.1, -0.05) is 29.3 Å². The summed E-state index contributed by atoms with van der Waals surface area (Å²) < 4.78 is 0. The second-order valence-corrected chi connectivity index (χ2v) is 7.89. The molecule has 0 aromatic carbocycles. The Hall–Kier alpha value is -0.350. The van der Waals surface area contributed by atoms with Crippen molar-refractivity contribution < 1.29 is 4.79 Å². The topological polar surface area (TPSA) is 20.3 Å². The number of nitrogens with zero attached hydrogens (tertiary/aromatic N) is 1. The van der Waals surface area contributed by atoms with Gasteiger partial charge in [-0.15, -0.1) is 11.3 Å². The molecule has 1 aromatic heterocycles. The molecule has 2 atom stereocenters. The lowest BCUT2D eigenvalue weighted by Crippen LogP contribution is -2.38. The van der Waals surface area contributed by atoms with Crippen LogP contribution in [0.15, 0.2) is 6.07 Å². The van der Waals surface area contributed by atoms with Crippen LogP contribution in [0.3, 0.4) is 0 Å². The first-order valence-electron chi connectivity index (χ1n) is 7.69. The first-order valence-corrected chi connectivity index (χ1v) is 9.63. The van der Waals surface area contributed by atoms with Crippen molar-refractivity contribution in [2.45, 2.75) is 51.5 Å². The Morgan fingerprint density at radius 2 is 2.20 bits per heavy atom. The van der Waals surface area contributed by atoms with E-state index in [1.807, 2.05) is 0 Å². The third-order valence-corrected chi connectivity index (χ3v) is 6.65. The maximum atomic E-state index is 12.8. The highest BCUT2D eigenvalue weighted by atomic mass is 79.9. The van der Waals surface area contributed by atoms with Gasteiger partial charge in [0.15, 0.2) is 0 Å². The highest BCUT2D eigenvalue weighted by molar-refractivity contribution is 9.09. The number of alkyl halides is 1. The molecule has 3 rings (SSSR count). The predicted molar refractivity (Wildman–Crippen MR) is 88.0 cm³/mol. The summed E-state index contributed by atoms with van der Waals surface area (Å²) in [5, 5.41) is 0.894. The van der Waals surface area contributed by atoms with Crippen LogP contribution in [0.5, 0.6) is 0 Å².